The molecule has 0 fully saturated rings. The van der Waals surface area contributed by atoms with E-state index in [4.69, 9.17) is 34.8 Å². The quantitative estimate of drug-likeness (QED) is 0.307. The molecule has 1 N–H and O–H groups in total. The summed E-state index contributed by atoms with van der Waals surface area (Å²) in [5, 5.41) is 2.12. The van der Waals surface area contributed by atoms with E-state index >= 15 is 0 Å². The molecule has 1 aliphatic carbocycles. The van der Waals surface area contributed by atoms with Gasteiger partial charge in [-0.2, -0.15) is 26.3 Å². The Balaban J connectivity index is 1.80. The second-order valence-corrected chi connectivity index (χ2v) is 8.78. The van der Waals surface area contributed by atoms with Crippen molar-refractivity contribution in [3.63, 3.8) is 0 Å². The van der Waals surface area contributed by atoms with Crippen LogP contribution in [0, 0.1) is 0 Å². The molecule has 0 saturated heterocycles. The minimum absolute atomic E-state index is 0.0394. The number of hydrogen-bond donors (Lipinski definition) is 1. The summed E-state index contributed by atoms with van der Waals surface area (Å²) in [5.41, 5.74) is 1.69. The van der Waals surface area contributed by atoms with E-state index in [0.29, 0.717) is 24.0 Å². The van der Waals surface area contributed by atoms with Gasteiger partial charge in [-0.3, -0.25) is 4.79 Å². The van der Waals surface area contributed by atoms with E-state index in [-0.39, 0.29) is 20.6 Å². The molecule has 0 aliphatic heterocycles. The highest BCUT2D eigenvalue weighted by Gasteiger charge is 2.39. The lowest BCUT2D eigenvalue weighted by atomic mass is 9.96. The molecule has 2 nitrogen and oxygen atoms in total. The lowest BCUT2D eigenvalue weighted by molar-refractivity contribution is -0.154. The van der Waals surface area contributed by atoms with Crippen molar-refractivity contribution in [1.82, 2.24) is 5.32 Å². The Bertz CT molecular complexity index is 1060. The minimum atomic E-state index is -4.62. The normalized spacial score (nSPS) is 17.3. The SMILES string of the molecule is O=C(CC(F)(F)F)NC1CCc2cc(/C=C/C(c3cc(Cl)c(Cl)c(Cl)c3)C(F)(F)F)ccc21. The third kappa shape index (κ3) is 6.58. The van der Waals surface area contributed by atoms with Crippen molar-refractivity contribution in [2.45, 2.75) is 43.6 Å². The number of rotatable bonds is 5. The fourth-order valence-electron chi connectivity index (χ4n) is 3.69. The fraction of sp³-hybridized carbons (Fsp3) is 0.318. The Labute approximate surface area is 200 Å². The van der Waals surface area contributed by atoms with Crippen molar-refractivity contribution < 1.29 is 31.1 Å². The number of carbonyl (C=O) groups is 1. The summed E-state index contributed by atoms with van der Waals surface area (Å²) in [6.07, 6.45) is -7.66. The molecule has 178 valence electrons. The number of aryl methyl sites for hydroxylation is 1. The van der Waals surface area contributed by atoms with Gasteiger partial charge in [-0.05, 0) is 47.2 Å². The molecule has 0 aromatic heterocycles. The van der Waals surface area contributed by atoms with E-state index < -0.39 is 36.6 Å². The molecule has 3 rings (SSSR count). The summed E-state index contributed by atoms with van der Waals surface area (Å²) in [4.78, 5) is 11.6. The maximum atomic E-state index is 13.7. The van der Waals surface area contributed by atoms with Crippen molar-refractivity contribution in [2.24, 2.45) is 0 Å². The van der Waals surface area contributed by atoms with E-state index in [1.165, 1.54) is 6.08 Å². The molecule has 0 saturated carbocycles. The van der Waals surface area contributed by atoms with Crippen LogP contribution in [0.25, 0.3) is 6.08 Å². The smallest absolute Gasteiger partial charge is 0.349 e. The second-order valence-electron chi connectivity index (χ2n) is 7.59. The highest BCUT2D eigenvalue weighted by atomic mass is 35.5. The molecule has 0 radical (unpaired) electrons. The van der Waals surface area contributed by atoms with Gasteiger partial charge in [0.25, 0.3) is 0 Å². The molecule has 11 heteroatoms. The zero-order valence-electron chi connectivity index (χ0n) is 16.6. The fourth-order valence-corrected chi connectivity index (χ4v) is 4.30. The van der Waals surface area contributed by atoms with Crippen LogP contribution in [0.5, 0.6) is 0 Å². The predicted molar refractivity (Wildman–Crippen MR) is 116 cm³/mol. The molecule has 33 heavy (non-hydrogen) atoms. The average Bonchev–Trinajstić information content (AvgIpc) is 3.05. The highest BCUT2D eigenvalue weighted by molar-refractivity contribution is 6.48. The maximum Gasteiger partial charge on any atom is 0.399 e. The molecule has 0 heterocycles. The zero-order chi connectivity index (χ0) is 24.6. The van der Waals surface area contributed by atoms with Crippen LogP contribution in [0.15, 0.2) is 36.4 Å². The maximum absolute atomic E-state index is 13.7. The van der Waals surface area contributed by atoms with Crippen LogP contribution in [-0.2, 0) is 11.2 Å². The topological polar surface area (TPSA) is 29.1 Å². The number of allylic oxidation sites excluding steroid dienone is 1. The molecule has 1 amide bonds. The monoisotopic (exact) mass is 529 g/mol. The third-order valence-electron chi connectivity index (χ3n) is 5.14. The molecule has 2 aromatic rings. The standard InChI is InChI=1S/C22H16Cl3F6NO/c23-16-8-13(9-17(24)20(16)25)15(22(29,30)31)5-2-11-1-4-14-12(7-11)3-6-18(14)32-19(33)10-21(26,27)28/h1-2,4-5,7-9,15,18H,3,6,10H2,(H,32,33)/b5-2+. The number of nitrogens with one attached hydrogen (secondary N) is 1. The Kier molecular flexibility index (Phi) is 7.61. The summed E-state index contributed by atoms with van der Waals surface area (Å²) in [6, 6.07) is 6.42. The molecule has 2 atom stereocenters. The van der Waals surface area contributed by atoms with Gasteiger partial charge in [-0.25, -0.2) is 0 Å². The molecule has 1 aliphatic rings. The van der Waals surface area contributed by atoms with Crippen LogP contribution in [-0.4, -0.2) is 18.3 Å². The van der Waals surface area contributed by atoms with E-state index in [1.807, 2.05) is 0 Å². The molecular formula is C22H16Cl3F6NO. The van der Waals surface area contributed by atoms with E-state index in [9.17, 15) is 31.1 Å². The van der Waals surface area contributed by atoms with Gasteiger partial charge in [0.05, 0.1) is 27.0 Å². The van der Waals surface area contributed by atoms with Crippen LogP contribution in [0.1, 0.15) is 47.1 Å². The van der Waals surface area contributed by atoms with Crippen molar-refractivity contribution in [3.8, 4) is 0 Å². The third-order valence-corrected chi connectivity index (χ3v) is 6.34. The predicted octanol–water partition coefficient (Wildman–Crippen LogP) is 8.06. The highest BCUT2D eigenvalue weighted by Crippen LogP contribution is 2.41. The van der Waals surface area contributed by atoms with Gasteiger partial charge in [0.2, 0.25) is 5.91 Å². The Morgan fingerprint density at radius 2 is 1.70 bits per heavy atom. The number of fused-ring (bicyclic) bond motifs is 1. The summed E-state index contributed by atoms with van der Waals surface area (Å²) in [6.45, 7) is 0. The van der Waals surface area contributed by atoms with Gasteiger partial charge in [-0.1, -0.05) is 65.2 Å². The first-order valence-corrected chi connectivity index (χ1v) is 10.8. The number of hydrogen-bond acceptors (Lipinski definition) is 1. The molecule has 2 aromatic carbocycles. The first kappa shape index (κ1) is 25.7. The van der Waals surface area contributed by atoms with Gasteiger partial charge in [0, 0.05) is 0 Å². The van der Waals surface area contributed by atoms with Crippen LogP contribution in [0.4, 0.5) is 26.3 Å². The molecule has 2 unspecified atom stereocenters. The van der Waals surface area contributed by atoms with Gasteiger partial charge in [0.15, 0.2) is 0 Å². The Morgan fingerprint density at radius 1 is 1.06 bits per heavy atom. The minimum Gasteiger partial charge on any atom is -0.349 e. The van der Waals surface area contributed by atoms with Crippen molar-refractivity contribution in [1.29, 1.82) is 0 Å². The number of carbonyl (C=O) groups excluding carboxylic acids is 1. The number of amides is 1. The van der Waals surface area contributed by atoms with Crippen LogP contribution in [0.2, 0.25) is 15.1 Å². The van der Waals surface area contributed by atoms with Crippen molar-refractivity contribution >= 4 is 46.8 Å². The number of halogens is 9. The van der Waals surface area contributed by atoms with E-state index in [2.05, 4.69) is 5.32 Å². The first-order valence-electron chi connectivity index (χ1n) is 9.63. The van der Waals surface area contributed by atoms with E-state index in [1.54, 1.807) is 18.2 Å². The van der Waals surface area contributed by atoms with Crippen molar-refractivity contribution in [2.75, 3.05) is 0 Å². The van der Waals surface area contributed by atoms with Gasteiger partial charge >= 0.3 is 12.4 Å². The Hall–Kier alpha value is -1.90. The molecule has 0 bridgehead atoms. The first-order chi connectivity index (χ1) is 15.2. The molecular weight excluding hydrogens is 515 g/mol. The van der Waals surface area contributed by atoms with Crippen LogP contribution >= 0.6 is 34.8 Å². The summed E-state index contributed by atoms with van der Waals surface area (Å²) >= 11 is 17.6. The Morgan fingerprint density at radius 3 is 2.27 bits per heavy atom. The van der Waals surface area contributed by atoms with Crippen molar-refractivity contribution in [3.05, 3.63) is 73.7 Å². The van der Waals surface area contributed by atoms with Crippen LogP contribution in [0.3, 0.4) is 0 Å². The van der Waals surface area contributed by atoms with E-state index in [0.717, 1.165) is 23.8 Å². The van der Waals surface area contributed by atoms with Gasteiger partial charge in [-0.15, -0.1) is 0 Å². The summed E-state index contributed by atoms with van der Waals surface area (Å²) in [7, 11) is 0. The van der Waals surface area contributed by atoms with Gasteiger partial charge in [0.1, 0.15) is 6.42 Å². The second kappa shape index (κ2) is 9.76. The summed E-state index contributed by atoms with van der Waals surface area (Å²) in [5.74, 6) is -3.12. The lowest BCUT2D eigenvalue weighted by Crippen LogP contribution is -2.31. The average molecular weight is 531 g/mol. The van der Waals surface area contributed by atoms with Crippen LogP contribution < -0.4 is 5.32 Å². The van der Waals surface area contributed by atoms with Gasteiger partial charge < -0.3 is 5.32 Å². The lowest BCUT2D eigenvalue weighted by Gasteiger charge is -2.18. The zero-order valence-corrected chi connectivity index (χ0v) is 18.9. The number of alkyl halides is 6. The largest absolute Gasteiger partial charge is 0.399 e. The summed E-state index contributed by atoms with van der Waals surface area (Å²) < 4.78 is 78.2. The molecule has 0 spiro atoms. The number of benzene rings is 2.